The summed E-state index contributed by atoms with van der Waals surface area (Å²) in [6.07, 6.45) is 0. The van der Waals surface area contributed by atoms with Gasteiger partial charge < -0.3 is 9.90 Å². The molecule has 0 spiro atoms. The zero-order valence-corrected chi connectivity index (χ0v) is 11.2. The molecule has 4 nitrogen and oxygen atoms in total. The van der Waals surface area contributed by atoms with Crippen molar-refractivity contribution < 1.29 is 14.7 Å². The van der Waals surface area contributed by atoms with Crippen LogP contribution in [0.5, 0.6) is 0 Å². The first kappa shape index (κ1) is 15.9. The van der Waals surface area contributed by atoms with Gasteiger partial charge in [-0.15, -0.1) is 0 Å². The van der Waals surface area contributed by atoms with Crippen LogP contribution in [0.4, 0.5) is 0 Å². The quantitative estimate of drug-likeness (QED) is 0.486. The molecule has 0 N–H and O–H groups in total. The first-order valence-corrected chi connectivity index (χ1v) is 6.01. The molecule has 0 aliphatic rings. The molecule has 0 fully saturated rings. The van der Waals surface area contributed by atoms with Crippen LogP contribution in [0, 0.1) is 11.3 Å². The maximum Gasteiger partial charge on any atom is 0.193 e. The second kappa shape index (κ2) is 8.08. The Morgan fingerprint density at radius 3 is 1.52 bits per heavy atom. The number of rotatable bonds is 3. The first-order chi connectivity index (χ1) is 10.1. The number of aliphatic carboxylic acids is 1. The van der Waals surface area contributed by atoms with Gasteiger partial charge in [-0.3, -0.25) is 4.79 Å². The molecule has 2 aromatic rings. The molecule has 2 aromatic carbocycles. The Labute approximate surface area is 122 Å². The van der Waals surface area contributed by atoms with Gasteiger partial charge in [-0.2, -0.15) is 5.26 Å². The summed E-state index contributed by atoms with van der Waals surface area (Å²) >= 11 is 0. The SMILES string of the molecule is C=C(C#N)C(=O)[O-].O=C(c1ccccc1)c1ccccc1. The Balaban J connectivity index is 0.000000270. The van der Waals surface area contributed by atoms with Crippen molar-refractivity contribution in [3.8, 4) is 6.07 Å². The zero-order valence-electron chi connectivity index (χ0n) is 11.2. The van der Waals surface area contributed by atoms with E-state index >= 15 is 0 Å². The van der Waals surface area contributed by atoms with Gasteiger partial charge in [-0.1, -0.05) is 67.2 Å². The third-order valence-electron chi connectivity index (χ3n) is 2.45. The summed E-state index contributed by atoms with van der Waals surface area (Å²) in [6.45, 7) is 2.85. The van der Waals surface area contributed by atoms with Crippen LogP contribution in [0.1, 0.15) is 15.9 Å². The lowest BCUT2D eigenvalue weighted by atomic mass is 10.0. The fraction of sp³-hybridized carbons (Fsp3) is 0. The van der Waals surface area contributed by atoms with Crippen LogP contribution < -0.4 is 5.11 Å². The average molecular weight is 278 g/mol. The third kappa shape index (κ3) is 5.13. The third-order valence-corrected chi connectivity index (χ3v) is 2.45. The number of carbonyl (C=O) groups excluding carboxylic acids is 2. The number of carbonyl (C=O) groups is 2. The van der Waals surface area contributed by atoms with Crippen molar-refractivity contribution in [3.05, 3.63) is 83.9 Å². The van der Waals surface area contributed by atoms with E-state index in [1.165, 1.54) is 6.07 Å². The van der Waals surface area contributed by atoms with Crippen LogP contribution in [0.2, 0.25) is 0 Å². The predicted octanol–water partition coefficient (Wildman–Crippen LogP) is 1.73. The van der Waals surface area contributed by atoms with Gasteiger partial charge in [0.15, 0.2) is 5.78 Å². The zero-order chi connectivity index (χ0) is 15.7. The van der Waals surface area contributed by atoms with E-state index in [0.717, 1.165) is 11.1 Å². The average Bonchev–Trinajstić information content (AvgIpc) is 2.55. The molecule has 0 amide bonds. The Morgan fingerprint density at radius 1 is 0.905 bits per heavy atom. The van der Waals surface area contributed by atoms with Crippen LogP contribution in [0.25, 0.3) is 0 Å². The van der Waals surface area contributed by atoms with E-state index in [2.05, 4.69) is 6.58 Å². The molecule has 0 atom stereocenters. The van der Waals surface area contributed by atoms with E-state index < -0.39 is 11.5 Å². The molecule has 2 rings (SSSR count). The van der Waals surface area contributed by atoms with Gasteiger partial charge in [0.2, 0.25) is 0 Å². The van der Waals surface area contributed by atoms with Gasteiger partial charge in [-0.05, 0) is 0 Å². The molecule has 104 valence electrons. The Hall–Kier alpha value is -3.19. The fourth-order valence-corrected chi connectivity index (χ4v) is 1.39. The minimum absolute atomic E-state index is 0.0752. The largest absolute Gasteiger partial charge is 0.544 e. The molecular formula is C17H12NO3-. The minimum Gasteiger partial charge on any atom is -0.544 e. The number of carboxylic acids is 1. The Bertz CT molecular complexity index is 629. The number of hydrogen-bond donors (Lipinski definition) is 0. The van der Waals surface area contributed by atoms with Crippen LogP contribution in [0.15, 0.2) is 72.8 Å². The summed E-state index contributed by atoms with van der Waals surface area (Å²) in [6, 6.07) is 19.9. The number of hydrogen-bond acceptors (Lipinski definition) is 4. The molecular weight excluding hydrogens is 266 g/mol. The molecule has 21 heavy (non-hydrogen) atoms. The summed E-state index contributed by atoms with van der Waals surface area (Å²) in [7, 11) is 0. The standard InChI is InChI=1S/C13H10O.C4H3NO2/c14-13(11-7-3-1-4-8-11)12-9-5-2-6-10-12;1-3(2-5)4(6)7/h1-10H;1H2,(H,6,7)/p-1. The minimum atomic E-state index is -1.51. The van der Waals surface area contributed by atoms with E-state index in [4.69, 9.17) is 5.26 Å². The molecule has 0 saturated carbocycles. The van der Waals surface area contributed by atoms with Crippen LogP contribution in [0.3, 0.4) is 0 Å². The van der Waals surface area contributed by atoms with Gasteiger partial charge in [-0.25, -0.2) is 0 Å². The molecule has 0 unspecified atom stereocenters. The van der Waals surface area contributed by atoms with Crippen molar-refractivity contribution in [2.75, 3.05) is 0 Å². The van der Waals surface area contributed by atoms with E-state index in [0.29, 0.717) is 0 Å². The second-order valence-electron chi connectivity index (χ2n) is 3.94. The van der Waals surface area contributed by atoms with Crippen molar-refractivity contribution in [2.24, 2.45) is 0 Å². The van der Waals surface area contributed by atoms with Gasteiger partial charge in [0.25, 0.3) is 0 Å². The number of ketones is 1. The molecule has 0 aliphatic carbocycles. The number of nitriles is 1. The Kier molecular flexibility index (Phi) is 6.10. The van der Waals surface area contributed by atoms with E-state index in [9.17, 15) is 14.7 Å². The highest BCUT2D eigenvalue weighted by molar-refractivity contribution is 6.08. The monoisotopic (exact) mass is 278 g/mol. The van der Waals surface area contributed by atoms with Crippen LogP contribution >= 0.6 is 0 Å². The lowest BCUT2D eigenvalue weighted by Crippen LogP contribution is -2.22. The summed E-state index contributed by atoms with van der Waals surface area (Å²) in [5.74, 6) is -1.44. The predicted molar refractivity (Wildman–Crippen MR) is 76.1 cm³/mol. The highest BCUT2D eigenvalue weighted by atomic mass is 16.4. The van der Waals surface area contributed by atoms with Gasteiger partial charge in [0, 0.05) is 11.1 Å². The number of carboxylic acid groups (broad SMARTS) is 1. The highest BCUT2D eigenvalue weighted by Gasteiger charge is 2.06. The smallest absolute Gasteiger partial charge is 0.193 e. The molecule has 0 radical (unpaired) electrons. The van der Waals surface area contributed by atoms with Crippen LogP contribution in [-0.2, 0) is 4.79 Å². The number of nitrogens with zero attached hydrogens (tertiary/aromatic N) is 1. The normalized spacial score (nSPS) is 8.71. The molecule has 0 aliphatic heterocycles. The molecule has 0 saturated heterocycles. The maximum absolute atomic E-state index is 11.8. The lowest BCUT2D eigenvalue weighted by molar-refractivity contribution is -0.298. The van der Waals surface area contributed by atoms with Crippen molar-refractivity contribution in [3.63, 3.8) is 0 Å². The molecule has 0 aromatic heterocycles. The van der Waals surface area contributed by atoms with Gasteiger partial charge >= 0.3 is 0 Å². The maximum atomic E-state index is 11.8. The van der Waals surface area contributed by atoms with Crippen molar-refractivity contribution in [1.29, 1.82) is 5.26 Å². The van der Waals surface area contributed by atoms with Gasteiger partial charge in [0.05, 0.1) is 11.5 Å². The van der Waals surface area contributed by atoms with Crippen molar-refractivity contribution >= 4 is 11.8 Å². The number of benzene rings is 2. The summed E-state index contributed by atoms with van der Waals surface area (Å²) in [4.78, 5) is 21.3. The summed E-state index contributed by atoms with van der Waals surface area (Å²) < 4.78 is 0. The molecule has 0 bridgehead atoms. The first-order valence-electron chi connectivity index (χ1n) is 6.01. The fourth-order valence-electron chi connectivity index (χ4n) is 1.39. The van der Waals surface area contributed by atoms with E-state index in [1.807, 2.05) is 60.7 Å². The lowest BCUT2D eigenvalue weighted by Gasteiger charge is -1.99. The topological polar surface area (TPSA) is 81.0 Å². The second-order valence-corrected chi connectivity index (χ2v) is 3.94. The Morgan fingerprint density at radius 2 is 1.29 bits per heavy atom. The molecule has 0 heterocycles. The van der Waals surface area contributed by atoms with E-state index in [1.54, 1.807) is 0 Å². The highest BCUT2D eigenvalue weighted by Crippen LogP contribution is 2.08. The van der Waals surface area contributed by atoms with Crippen molar-refractivity contribution in [2.45, 2.75) is 0 Å². The van der Waals surface area contributed by atoms with Crippen LogP contribution in [-0.4, -0.2) is 11.8 Å². The van der Waals surface area contributed by atoms with Crippen molar-refractivity contribution in [1.82, 2.24) is 0 Å². The summed E-state index contributed by atoms with van der Waals surface area (Å²) in [5.41, 5.74) is 0.928. The molecule has 4 heteroatoms. The van der Waals surface area contributed by atoms with Gasteiger partial charge in [0.1, 0.15) is 6.07 Å². The van der Waals surface area contributed by atoms with E-state index in [-0.39, 0.29) is 5.78 Å². The summed E-state index contributed by atoms with van der Waals surface area (Å²) in [5, 5.41) is 17.2.